The zero-order valence-electron chi connectivity index (χ0n) is 26.1. The van der Waals surface area contributed by atoms with Crippen LogP contribution < -0.4 is 14.4 Å². The number of ether oxygens (including phenoxy) is 2. The minimum atomic E-state index is -0.537. The van der Waals surface area contributed by atoms with Gasteiger partial charge < -0.3 is 14.4 Å². The number of benzene rings is 3. The maximum atomic E-state index is 14.2. The molecule has 44 heavy (non-hydrogen) atoms. The van der Waals surface area contributed by atoms with Crippen molar-refractivity contribution in [3.63, 3.8) is 0 Å². The lowest BCUT2D eigenvalue weighted by Crippen LogP contribution is -2.44. The molecule has 0 N–H and O–H groups in total. The molecule has 0 saturated carbocycles. The van der Waals surface area contributed by atoms with Crippen LogP contribution in [0.4, 0.5) is 5.69 Å². The first-order valence-corrected chi connectivity index (χ1v) is 15.4. The maximum absolute atomic E-state index is 14.2. The molecule has 3 aromatic rings. The highest BCUT2D eigenvalue weighted by Gasteiger charge is 2.49. The van der Waals surface area contributed by atoms with Crippen LogP contribution in [-0.2, 0) is 9.59 Å². The van der Waals surface area contributed by atoms with Crippen LogP contribution in [0.1, 0.15) is 82.1 Å². The van der Waals surface area contributed by atoms with E-state index in [0.717, 1.165) is 22.6 Å². The Morgan fingerprint density at radius 2 is 1.30 bits per heavy atom. The number of carbonyl (C=O) groups is 3. The molecule has 0 bridgehead atoms. The first-order chi connectivity index (χ1) is 21.0. The second kappa shape index (κ2) is 11.2. The minimum Gasteiger partial charge on any atom is -0.490 e. The van der Waals surface area contributed by atoms with E-state index in [1.165, 1.54) is 0 Å². The van der Waals surface area contributed by atoms with E-state index in [9.17, 15) is 14.4 Å². The molecule has 6 rings (SSSR count). The Bertz CT molecular complexity index is 1640. The van der Waals surface area contributed by atoms with Crippen LogP contribution in [0.15, 0.2) is 101 Å². The first kappa shape index (κ1) is 29.6. The number of hydrogen-bond acceptors (Lipinski definition) is 6. The second-order valence-corrected chi connectivity index (χ2v) is 13.6. The monoisotopic (exact) mass is 589 g/mol. The van der Waals surface area contributed by atoms with Crippen molar-refractivity contribution in [3.05, 3.63) is 113 Å². The van der Waals surface area contributed by atoms with Crippen LogP contribution in [-0.4, -0.2) is 24.1 Å². The lowest BCUT2D eigenvalue weighted by atomic mass is 9.63. The van der Waals surface area contributed by atoms with Crippen molar-refractivity contribution in [3.8, 4) is 11.5 Å². The topological polar surface area (TPSA) is 72.9 Å². The summed E-state index contributed by atoms with van der Waals surface area (Å²) in [7, 11) is 0. The van der Waals surface area contributed by atoms with Crippen molar-refractivity contribution >= 4 is 23.2 Å². The molecule has 0 amide bonds. The normalized spacial score (nSPS) is 19.4. The van der Waals surface area contributed by atoms with Gasteiger partial charge in [-0.1, -0.05) is 70.2 Å². The number of esters is 1. The van der Waals surface area contributed by atoms with Crippen molar-refractivity contribution in [2.24, 2.45) is 10.8 Å². The SMILES string of the molecule is CCOc1cc(C2C3=C(CC(C)(C)CC3=O)N(c3ccccc3)C3=C2C(=O)CC(C)(C)C3)ccc1OC(=O)c1ccccc1. The number of ketones is 2. The van der Waals surface area contributed by atoms with Crippen molar-refractivity contribution in [1.29, 1.82) is 0 Å². The molecule has 0 spiro atoms. The van der Waals surface area contributed by atoms with E-state index in [2.05, 4.69) is 44.7 Å². The molecule has 3 aromatic carbocycles. The van der Waals surface area contributed by atoms with E-state index in [-0.39, 0.29) is 22.4 Å². The molecular weight excluding hydrogens is 550 g/mol. The third-order valence-corrected chi connectivity index (χ3v) is 8.74. The van der Waals surface area contributed by atoms with E-state index in [4.69, 9.17) is 9.47 Å². The van der Waals surface area contributed by atoms with Gasteiger partial charge in [-0.2, -0.15) is 0 Å². The Morgan fingerprint density at radius 1 is 0.750 bits per heavy atom. The van der Waals surface area contributed by atoms with Crippen molar-refractivity contribution in [1.82, 2.24) is 0 Å². The van der Waals surface area contributed by atoms with Crippen LogP contribution >= 0.6 is 0 Å². The Morgan fingerprint density at radius 3 is 1.84 bits per heavy atom. The van der Waals surface area contributed by atoms with Crippen LogP contribution in [0.25, 0.3) is 0 Å². The molecule has 0 radical (unpaired) electrons. The molecule has 0 saturated heterocycles. The highest BCUT2D eigenvalue weighted by atomic mass is 16.6. The molecule has 0 unspecified atom stereocenters. The first-order valence-electron chi connectivity index (χ1n) is 15.4. The number of allylic oxidation sites excluding steroid dienone is 4. The van der Waals surface area contributed by atoms with Gasteiger partial charge in [0.05, 0.1) is 12.2 Å². The van der Waals surface area contributed by atoms with Crippen molar-refractivity contribution in [2.75, 3.05) is 11.5 Å². The lowest BCUT2D eigenvalue weighted by Gasteiger charge is -2.49. The molecule has 1 heterocycles. The standard InChI is InChI=1S/C38H39NO5/c1-6-43-32-19-25(17-18-31(32)44-36(42)24-13-9-7-10-14-24)33-34-27(20-37(2,3)22-29(34)40)39(26-15-11-8-12-16-26)28-21-38(4,5)23-30(41)35(28)33/h7-19,33H,6,20-23H2,1-5H3. The summed E-state index contributed by atoms with van der Waals surface area (Å²) in [5.41, 5.74) is 4.99. The Labute approximate surface area is 259 Å². The van der Waals surface area contributed by atoms with E-state index < -0.39 is 11.9 Å². The smallest absolute Gasteiger partial charge is 0.343 e. The summed E-state index contributed by atoms with van der Waals surface area (Å²) < 4.78 is 11.8. The van der Waals surface area contributed by atoms with Crippen LogP contribution in [0, 0.1) is 10.8 Å². The highest BCUT2D eigenvalue weighted by Crippen LogP contribution is 2.55. The maximum Gasteiger partial charge on any atom is 0.343 e. The van der Waals surface area contributed by atoms with Gasteiger partial charge in [0.15, 0.2) is 23.1 Å². The Hall–Kier alpha value is -4.45. The number of rotatable bonds is 6. The van der Waals surface area contributed by atoms with Gasteiger partial charge in [0, 0.05) is 47.0 Å². The third-order valence-electron chi connectivity index (χ3n) is 8.74. The number of para-hydroxylation sites is 1. The molecule has 2 aliphatic carbocycles. The summed E-state index contributed by atoms with van der Waals surface area (Å²) in [5.74, 6) is -0.212. The van der Waals surface area contributed by atoms with Crippen LogP contribution in [0.3, 0.4) is 0 Å². The van der Waals surface area contributed by atoms with Gasteiger partial charge in [-0.05, 0) is 72.6 Å². The molecule has 6 nitrogen and oxygen atoms in total. The van der Waals surface area contributed by atoms with Gasteiger partial charge in [0.1, 0.15) is 0 Å². The summed E-state index contributed by atoms with van der Waals surface area (Å²) in [4.78, 5) is 43.5. The van der Waals surface area contributed by atoms with Gasteiger partial charge in [0.2, 0.25) is 0 Å². The molecule has 226 valence electrons. The summed E-state index contributed by atoms with van der Waals surface area (Å²) in [6, 6.07) is 24.3. The number of carbonyl (C=O) groups excluding carboxylic acids is 3. The molecular formula is C38H39NO5. The van der Waals surface area contributed by atoms with E-state index >= 15 is 0 Å². The number of Topliss-reactive ketones (excluding diaryl/α,β-unsaturated/α-hetero) is 2. The quantitative estimate of drug-likeness (QED) is 0.213. The fraction of sp³-hybridized carbons (Fsp3) is 0.342. The average Bonchev–Trinajstić information content (AvgIpc) is 2.97. The van der Waals surface area contributed by atoms with E-state index in [0.29, 0.717) is 60.5 Å². The van der Waals surface area contributed by atoms with Crippen LogP contribution in [0.5, 0.6) is 11.5 Å². The zero-order valence-corrected chi connectivity index (χ0v) is 26.1. The minimum absolute atomic E-state index is 0.0592. The molecule has 0 aromatic heterocycles. The molecule has 0 atom stereocenters. The summed E-state index contributed by atoms with van der Waals surface area (Å²) in [5, 5.41) is 0. The van der Waals surface area contributed by atoms with Gasteiger partial charge in [-0.25, -0.2) is 4.79 Å². The summed E-state index contributed by atoms with van der Waals surface area (Å²) in [6.45, 7) is 10.8. The summed E-state index contributed by atoms with van der Waals surface area (Å²) >= 11 is 0. The molecule has 3 aliphatic rings. The lowest BCUT2D eigenvalue weighted by molar-refractivity contribution is -0.119. The Kier molecular flexibility index (Phi) is 7.56. The van der Waals surface area contributed by atoms with Gasteiger partial charge in [-0.3, -0.25) is 9.59 Å². The van der Waals surface area contributed by atoms with Gasteiger partial charge in [0.25, 0.3) is 0 Å². The fourth-order valence-electron chi connectivity index (χ4n) is 6.98. The molecule has 6 heteroatoms. The van der Waals surface area contributed by atoms with E-state index in [1.807, 2.05) is 43.3 Å². The third kappa shape index (κ3) is 5.49. The zero-order chi connectivity index (χ0) is 31.2. The number of hydrogen-bond donors (Lipinski definition) is 0. The fourth-order valence-corrected chi connectivity index (χ4v) is 6.98. The second-order valence-electron chi connectivity index (χ2n) is 13.6. The predicted molar refractivity (Wildman–Crippen MR) is 171 cm³/mol. The van der Waals surface area contributed by atoms with E-state index in [1.54, 1.807) is 30.3 Å². The summed E-state index contributed by atoms with van der Waals surface area (Å²) in [6.07, 6.45) is 2.21. The average molecular weight is 590 g/mol. The number of nitrogens with zero attached hydrogens (tertiary/aromatic N) is 1. The largest absolute Gasteiger partial charge is 0.490 e. The predicted octanol–water partition coefficient (Wildman–Crippen LogP) is 8.19. The van der Waals surface area contributed by atoms with Crippen molar-refractivity contribution < 1.29 is 23.9 Å². The highest BCUT2D eigenvalue weighted by molar-refractivity contribution is 6.08. The molecule has 1 aliphatic heterocycles. The van der Waals surface area contributed by atoms with Gasteiger partial charge in [-0.15, -0.1) is 0 Å². The Balaban J connectivity index is 1.54. The van der Waals surface area contributed by atoms with Crippen LogP contribution in [0.2, 0.25) is 0 Å². The van der Waals surface area contributed by atoms with Gasteiger partial charge >= 0.3 is 5.97 Å². The molecule has 0 fully saturated rings. The van der Waals surface area contributed by atoms with Crippen molar-refractivity contribution in [2.45, 2.75) is 66.2 Å². The number of anilines is 1.